The number of aryl methyl sites for hydroxylation is 2. The van der Waals surface area contributed by atoms with Crippen LogP contribution >= 0.6 is 0 Å². The lowest BCUT2D eigenvalue weighted by atomic mass is 9.87. The van der Waals surface area contributed by atoms with E-state index >= 15 is 0 Å². The topological polar surface area (TPSA) is 97.8 Å². The SMILES string of the molecule is COC(=O)c1c(C)nc(C)c2c1C(=O)C=C(NCCN1CCOCC1)C2=O. The molecule has 0 radical (unpaired) electrons. The minimum atomic E-state index is -0.672. The second-order valence-corrected chi connectivity index (χ2v) is 6.53. The molecule has 27 heavy (non-hydrogen) atoms. The number of nitrogens with one attached hydrogen (secondary N) is 1. The molecule has 0 bridgehead atoms. The average molecular weight is 373 g/mol. The number of ether oxygens (including phenoxy) is 2. The lowest BCUT2D eigenvalue weighted by molar-refractivity contribution is 0.0386. The van der Waals surface area contributed by atoms with Crippen LogP contribution in [0.25, 0.3) is 0 Å². The molecule has 0 spiro atoms. The number of rotatable bonds is 5. The van der Waals surface area contributed by atoms with Gasteiger partial charge in [0.25, 0.3) is 0 Å². The molecule has 0 saturated carbocycles. The maximum atomic E-state index is 12.9. The molecule has 8 heteroatoms. The van der Waals surface area contributed by atoms with Crippen molar-refractivity contribution in [1.29, 1.82) is 0 Å². The van der Waals surface area contributed by atoms with Crippen molar-refractivity contribution < 1.29 is 23.9 Å². The Morgan fingerprint density at radius 3 is 2.59 bits per heavy atom. The van der Waals surface area contributed by atoms with Gasteiger partial charge in [-0.3, -0.25) is 19.5 Å². The van der Waals surface area contributed by atoms with Gasteiger partial charge in [0.1, 0.15) is 0 Å². The molecule has 1 saturated heterocycles. The molecule has 1 aliphatic heterocycles. The summed E-state index contributed by atoms with van der Waals surface area (Å²) in [5.41, 5.74) is 1.33. The Morgan fingerprint density at radius 2 is 1.93 bits per heavy atom. The first-order valence-electron chi connectivity index (χ1n) is 8.88. The van der Waals surface area contributed by atoms with E-state index in [1.165, 1.54) is 13.2 Å². The molecule has 0 atom stereocenters. The Kier molecular flexibility index (Phi) is 5.67. The number of carbonyl (C=O) groups is 3. The standard InChI is InChI=1S/C19H23N3O5/c1-11-15-17(16(12(2)21-11)19(25)26-3)14(23)10-13(18(15)24)20-4-5-22-6-8-27-9-7-22/h10,20H,4-9H2,1-3H3. The van der Waals surface area contributed by atoms with Crippen molar-refractivity contribution in [3.8, 4) is 0 Å². The van der Waals surface area contributed by atoms with Gasteiger partial charge in [0.15, 0.2) is 5.78 Å². The van der Waals surface area contributed by atoms with Crippen LogP contribution in [0.2, 0.25) is 0 Å². The highest BCUT2D eigenvalue weighted by molar-refractivity contribution is 6.27. The summed E-state index contributed by atoms with van der Waals surface area (Å²) in [6.07, 6.45) is 1.26. The molecule has 2 aliphatic rings. The zero-order chi connectivity index (χ0) is 19.6. The van der Waals surface area contributed by atoms with Crippen molar-refractivity contribution in [2.45, 2.75) is 13.8 Å². The van der Waals surface area contributed by atoms with Gasteiger partial charge in [0.2, 0.25) is 5.78 Å². The molecule has 1 fully saturated rings. The summed E-state index contributed by atoms with van der Waals surface area (Å²) >= 11 is 0. The molecule has 1 aromatic heterocycles. The van der Waals surface area contributed by atoms with Gasteiger partial charge < -0.3 is 14.8 Å². The predicted octanol–water partition coefficient (Wildman–Crippen LogP) is 0.670. The lowest BCUT2D eigenvalue weighted by Gasteiger charge is -2.27. The number of allylic oxidation sites excluding steroid dienone is 2. The number of aromatic nitrogens is 1. The van der Waals surface area contributed by atoms with E-state index < -0.39 is 11.8 Å². The summed E-state index contributed by atoms with van der Waals surface area (Å²) in [6.45, 7) is 7.66. The van der Waals surface area contributed by atoms with E-state index in [1.807, 2.05) is 0 Å². The minimum Gasteiger partial charge on any atom is -0.465 e. The van der Waals surface area contributed by atoms with Gasteiger partial charge in [0, 0.05) is 37.9 Å². The first-order valence-corrected chi connectivity index (χ1v) is 8.88. The number of Topliss-reactive ketones (excluding diaryl/α,β-unsaturated/α-hetero) is 1. The average Bonchev–Trinajstić information content (AvgIpc) is 2.65. The molecule has 144 valence electrons. The van der Waals surface area contributed by atoms with Gasteiger partial charge in [0.05, 0.1) is 48.4 Å². The molecule has 0 unspecified atom stereocenters. The van der Waals surface area contributed by atoms with Gasteiger partial charge >= 0.3 is 5.97 Å². The Balaban J connectivity index is 1.83. The number of carbonyl (C=O) groups excluding carboxylic acids is 3. The number of methoxy groups -OCH3 is 1. The Bertz CT molecular complexity index is 825. The summed E-state index contributed by atoms with van der Waals surface area (Å²) in [5.74, 6) is -1.40. The first-order chi connectivity index (χ1) is 12.9. The van der Waals surface area contributed by atoms with E-state index in [4.69, 9.17) is 9.47 Å². The monoisotopic (exact) mass is 373 g/mol. The van der Waals surface area contributed by atoms with Crippen LogP contribution in [-0.4, -0.2) is 73.9 Å². The van der Waals surface area contributed by atoms with Gasteiger partial charge in [-0.2, -0.15) is 0 Å². The Morgan fingerprint density at radius 1 is 1.22 bits per heavy atom. The predicted molar refractivity (Wildman–Crippen MR) is 97.1 cm³/mol. The van der Waals surface area contributed by atoms with Crippen LogP contribution in [0.3, 0.4) is 0 Å². The van der Waals surface area contributed by atoms with Crippen LogP contribution in [0.1, 0.15) is 42.5 Å². The molecule has 1 aliphatic carbocycles. The maximum Gasteiger partial charge on any atom is 0.340 e. The summed E-state index contributed by atoms with van der Waals surface area (Å²) in [7, 11) is 1.23. The van der Waals surface area contributed by atoms with Crippen LogP contribution < -0.4 is 5.32 Å². The third-order valence-corrected chi connectivity index (χ3v) is 4.79. The normalized spacial score (nSPS) is 17.4. The van der Waals surface area contributed by atoms with Gasteiger partial charge in [-0.05, 0) is 13.8 Å². The van der Waals surface area contributed by atoms with Crippen LogP contribution in [0.4, 0.5) is 0 Å². The summed E-state index contributed by atoms with van der Waals surface area (Å²) in [5, 5.41) is 3.06. The largest absolute Gasteiger partial charge is 0.465 e. The number of esters is 1. The fraction of sp³-hybridized carbons (Fsp3) is 0.474. The highest BCUT2D eigenvalue weighted by Gasteiger charge is 2.34. The molecule has 0 amide bonds. The summed E-state index contributed by atoms with van der Waals surface area (Å²) < 4.78 is 10.1. The zero-order valence-corrected chi connectivity index (χ0v) is 15.8. The fourth-order valence-electron chi connectivity index (χ4n) is 3.43. The van der Waals surface area contributed by atoms with E-state index in [-0.39, 0.29) is 28.2 Å². The van der Waals surface area contributed by atoms with Crippen molar-refractivity contribution in [2.75, 3.05) is 46.5 Å². The highest BCUT2D eigenvalue weighted by atomic mass is 16.5. The van der Waals surface area contributed by atoms with Gasteiger partial charge in [-0.25, -0.2) is 4.79 Å². The molecule has 0 aromatic carbocycles. The number of pyridine rings is 1. The van der Waals surface area contributed by atoms with Gasteiger partial charge in [-0.1, -0.05) is 0 Å². The van der Waals surface area contributed by atoms with E-state index in [0.29, 0.717) is 31.1 Å². The van der Waals surface area contributed by atoms with Crippen molar-refractivity contribution in [2.24, 2.45) is 0 Å². The van der Waals surface area contributed by atoms with Crippen molar-refractivity contribution in [3.63, 3.8) is 0 Å². The molecule has 1 aromatic rings. The summed E-state index contributed by atoms with van der Waals surface area (Å²) in [4.78, 5) is 44.3. The van der Waals surface area contributed by atoms with Crippen molar-refractivity contribution >= 4 is 17.5 Å². The third kappa shape index (κ3) is 3.77. The second-order valence-electron chi connectivity index (χ2n) is 6.53. The second kappa shape index (κ2) is 7.98. The Labute approximate surface area is 157 Å². The molecule has 2 heterocycles. The maximum absolute atomic E-state index is 12.9. The first kappa shape index (κ1) is 19.2. The van der Waals surface area contributed by atoms with Crippen molar-refractivity contribution in [3.05, 3.63) is 39.9 Å². The van der Waals surface area contributed by atoms with Gasteiger partial charge in [-0.15, -0.1) is 0 Å². The number of hydrogen-bond donors (Lipinski definition) is 1. The molecule has 1 N–H and O–H groups in total. The smallest absolute Gasteiger partial charge is 0.340 e. The third-order valence-electron chi connectivity index (χ3n) is 4.79. The molecular formula is C19H23N3O5. The van der Waals surface area contributed by atoms with E-state index in [0.717, 1.165) is 19.6 Å². The quantitative estimate of drug-likeness (QED) is 0.752. The number of fused-ring (bicyclic) bond motifs is 1. The van der Waals surface area contributed by atoms with E-state index in [1.54, 1.807) is 13.8 Å². The van der Waals surface area contributed by atoms with Crippen LogP contribution in [0.5, 0.6) is 0 Å². The van der Waals surface area contributed by atoms with Crippen LogP contribution in [-0.2, 0) is 9.47 Å². The number of morpholine rings is 1. The van der Waals surface area contributed by atoms with Crippen molar-refractivity contribution in [1.82, 2.24) is 15.2 Å². The fourth-order valence-corrected chi connectivity index (χ4v) is 3.43. The number of nitrogens with zero attached hydrogens (tertiary/aromatic N) is 2. The molecule has 8 nitrogen and oxygen atoms in total. The van der Waals surface area contributed by atoms with Crippen LogP contribution in [0.15, 0.2) is 11.8 Å². The summed E-state index contributed by atoms with van der Waals surface area (Å²) in [6, 6.07) is 0. The Hall–Kier alpha value is -2.58. The van der Waals surface area contributed by atoms with E-state index in [9.17, 15) is 14.4 Å². The lowest BCUT2D eigenvalue weighted by Crippen LogP contribution is -2.41. The molecule has 3 rings (SSSR count). The highest BCUT2D eigenvalue weighted by Crippen LogP contribution is 2.28. The van der Waals surface area contributed by atoms with E-state index in [2.05, 4.69) is 15.2 Å². The number of hydrogen-bond acceptors (Lipinski definition) is 8. The number of ketones is 2. The zero-order valence-electron chi connectivity index (χ0n) is 15.8. The van der Waals surface area contributed by atoms with Crippen LogP contribution in [0, 0.1) is 13.8 Å². The minimum absolute atomic E-state index is 0.0556. The molecular weight excluding hydrogens is 350 g/mol.